The monoisotopic (exact) mass is 310 g/mol. The van der Waals surface area contributed by atoms with Crippen LogP contribution < -0.4 is 0 Å². The molecule has 0 aliphatic carbocycles. The van der Waals surface area contributed by atoms with Crippen LogP contribution in [0.25, 0.3) is 0 Å². The molecule has 0 saturated heterocycles. The maximum absolute atomic E-state index is 11.8. The third-order valence-corrected chi connectivity index (χ3v) is 3.99. The van der Waals surface area contributed by atoms with Crippen molar-refractivity contribution in [2.75, 3.05) is 0 Å². The first kappa shape index (κ1) is 15.1. The van der Waals surface area contributed by atoms with Crippen molar-refractivity contribution in [1.82, 2.24) is 9.55 Å². The number of Topliss-reactive ketones (excluding diaryl/α,β-unsaturated/α-hetero) is 1. The zero-order chi connectivity index (χ0) is 14.4. The van der Waals surface area contributed by atoms with Crippen molar-refractivity contribution >= 4 is 29.0 Å². The van der Waals surface area contributed by atoms with Crippen LogP contribution >= 0.6 is 23.2 Å². The van der Waals surface area contributed by atoms with Gasteiger partial charge < -0.3 is 4.57 Å². The van der Waals surface area contributed by atoms with Crippen LogP contribution in [-0.2, 0) is 17.8 Å². The van der Waals surface area contributed by atoms with Gasteiger partial charge in [-0.25, -0.2) is 4.98 Å². The summed E-state index contributed by atoms with van der Waals surface area (Å²) in [7, 11) is 0. The fourth-order valence-corrected chi connectivity index (χ4v) is 2.43. The maximum Gasteiger partial charge on any atom is 0.133 e. The molecule has 0 radical (unpaired) electrons. The van der Waals surface area contributed by atoms with Crippen molar-refractivity contribution in [3.63, 3.8) is 0 Å². The third kappa shape index (κ3) is 4.36. The highest BCUT2D eigenvalue weighted by molar-refractivity contribution is 6.42. The number of hydrogen-bond acceptors (Lipinski definition) is 2. The largest absolute Gasteiger partial charge is 0.337 e. The van der Waals surface area contributed by atoms with Gasteiger partial charge in [-0.2, -0.15) is 0 Å². The van der Waals surface area contributed by atoms with Gasteiger partial charge in [-0.15, -0.1) is 0 Å². The Balaban J connectivity index is 1.73. The van der Waals surface area contributed by atoms with Crippen LogP contribution in [0.15, 0.2) is 36.9 Å². The number of carbonyl (C=O) groups is 1. The third-order valence-electron chi connectivity index (χ3n) is 3.14. The molecule has 0 spiro atoms. The number of ketones is 1. The van der Waals surface area contributed by atoms with E-state index in [1.165, 1.54) is 0 Å². The van der Waals surface area contributed by atoms with Gasteiger partial charge in [0.15, 0.2) is 0 Å². The van der Waals surface area contributed by atoms with Gasteiger partial charge >= 0.3 is 0 Å². The molecule has 0 N–H and O–H groups in total. The van der Waals surface area contributed by atoms with E-state index in [4.69, 9.17) is 23.2 Å². The number of carbonyl (C=O) groups excluding carboxylic acids is 1. The van der Waals surface area contributed by atoms with Crippen LogP contribution in [0.1, 0.15) is 24.8 Å². The molecule has 1 heterocycles. The SMILES string of the molecule is O=C(CCCn1ccnc1)CCc1cccc(Cl)c1Cl. The topological polar surface area (TPSA) is 34.9 Å². The van der Waals surface area contributed by atoms with Gasteiger partial charge in [0.05, 0.1) is 16.4 Å². The van der Waals surface area contributed by atoms with E-state index in [0.717, 1.165) is 18.5 Å². The first-order valence-electron chi connectivity index (χ1n) is 6.57. The highest BCUT2D eigenvalue weighted by Gasteiger charge is 2.07. The van der Waals surface area contributed by atoms with E-state index in [0.29, 0.717) is 29.3 Å². The molecule has 2 rings (SSSR count). The van der Waals surface area contributed by atoms with Gasteiger partial charge in [0, 0.05) is 31.8 Å². The molecular formula is C15H16Cl2N2O. The Bertz CT molecular complexity index is 567. The Hall–Kier alpha value is -1.32. The molecule has 106 valence electrons. The Morgan fingerprint density at radius 3 is 2.85 bits per heavy atom. The van der Waals surface area contributed by atoms with Crippen LogP contribution in [-0.4, -0.2) is 15.3 Å². The molecule has 5 heteroatoms. The summed E-state index contributed by atoms with van der Waals surface area (Å²) in [5, 5.41) is 1.09. The number of benzene rings is 1. The highest BCUT2D eigenvalue weighted by atomic mass is 35.5. The lowest BCUT2D eigenvalue weighted by Crippen LogP contribution is -2.03. The van der Waals surface area contributed by atoms with Gasteiger partial charge in [0.1, 0.15) is 5.78 Å². The minimum absolute atomic E-state index is 0.251. The van der Waals surface area contributed by atoms with E-state index in [-0.39, 0.29) is 5.78 Å². The van der Waals surface area contributed by atoms with Crippen LogP contribution in [0.4, 0.5) is 0 Å². The lowest BCUT2D eigenvalue weighted by molar-refractivity contribution is -0.119. The number of nitrogens with zero attached hydrogens (tertiary/aromatic N) is 2. The zero-order valence-corrected chi connectivity index (χ0v) is 12.6. The molecule has 0 atom stereocenters. The van der Waals surface area contributed by atoms with E-state index in [9.17, 15) is 4.79 Å². The Kier molecular flexibility index (Phi) is 5.62. The minimum atomic E-state index is 0.251. The molecule has 1 aromatic carbocycles. The zero-order valence-electron chi connectivity index (χ0n) is 11.1. The first-order valence-corrected chi connectivity index (χ1v) is 7.33. The van der Waals surface area contributed by atoms with E-state index in [1.54, 1.807) is 18.6 Å². The quantitative estimate of drug-likeness (QED) is 0.769. The normalized spacial score (nSPS) is 10.7. The summed E-state index contributed by atoms with van der Waals surface area (Å²) in [6, 6.07) is 5.51. The molecule has 0 aliphatic heterocycles. The summed E-state index contributed by atoms with van der Waals surface area (Å²) in [6.07, 6.45) is 7.96. The molecule has 0 saturated carbocycles. The smallest absolute Gasteiger partial charge is 0.133 e. The Labute approximate surface area is 128 Å². The predicted molar refractivity (Wildman–Crippen MR) is 81.3 cm³/mol. The Morgan fingerprint density at radius 1 is 1.25 bits per heavy atom. The average Bonchev–Trinajstić information content (AvgIpc) is 2.94. The summed E-state index contributed by atoms with van der Waals surface area (Å²) in [6.45, 7) is 0.823. The molecule has 0 aliphatic rings. The molecule has 0 unspecified atom stereocenters. The van der Waals surface area contributed by atoms with Crippen molar-refractivity contribution in [3.8, 4) is 0 Å². The fraction of sp³-hybridized carbons (Fsp3) is 0.333. The second kappa shape index (κ2) is 7.46. The van der Waals surface area contributed by atoms with E-state index in [1.807, 2.05) is 22.9 Å². The van der Waals surface area contributed by atoms with Crippen molar-refractivity contribution < 1.29 is 4.79 Å². The number of rotatable bonds is 7. The van der Waals surface area contributed by atoms with E-state index >= 15 is 0 Å². The number of imidazole rings is 1. The lowest BCUT2D eigenvalue weighted by atomic mass is 10.1. The van der Waals surface area contributed by atoms with Gasteiger partial charge in [-0.1, -0.05) is 35.3 Å². The van der Waals surface area contributed by atoms with Gasteiger partial charge in [-0.05, 0) is 24.5 Å². The van der Waals surface area contributed by atoms with E-state index in [2.05, 4.69) is 4.98 Å². The van der Waals surface area contributed by atoms with Gasteiger partial charge in [-0.3, -0.25) is 4.79 Å². The van der Waals surface area contributed by atoms with Crippen molar-refractivity contribution in [2.24, 2.45) is 0 Å². The number of hydrogen-bond donors (Lipinski definition) is 0. The molecule has 3 nitrogen and oxygen atoms in total. The van der Waals surface area contributed by atoms with Crippen molar-refractivity contribution in [1.29, 1.82) is 0 Å². The summed E-state index contributed by atoms with van der Waals surface area (Å²) < 4.78 is 1.97. The summed E-state index contributed by atoms with van der Waals surface area (Å²) >= 11 is 12.0. The van der Waals surface area contributed by atoms with Crippen LogP contribution in [0.2, 0.25) is 10.0 Å². The minimum Gasteiger partial charge on any atom is -0.337 e. The molecule has 0 bridgehead atoms. The van der Waals surface area contributed by atoms with Gasteiger partial charge in [0.25, 0.3) is 0 Å². The number of aryl methyl sites for hydroxylation is 2. The lowest BCUT2D eigenvalue weighted by Gasteiger charge is -2.05. The van der Waals surface area contributed by atoms with Gasteiger partial charge in [0.2, 0.25) is 0 Å². The maximum atomic E-state index is 11.8. The van der Waals surface area contributed by atoms with Crippen LogP contribution in [0.3, 0.4) is 0 Å². The fourth-order valence-electron chi connectivity index (χ4n) is 2.02. The second-order valence-corrected chi connectivity index (χ2v) is 5.44. The van der Waals surface area contributed by atoms with Crippen molar-refractivity contribution in [2.45, 2.75) is 32.2 Å². The highest BCUT2D eigenvalue weighted by Crippen LogP contribution is 2.26. The first-order chi connectivity index (χ1) is 9.66. The standard InChI is InChI=1S/C15H16Cl2N2O/c16-14-5-1-3-12(15(14)17)6-7-13(20)4-2-9-19-10-8-18-11-19/h1,3,5,8,10-11H,2,4,6-7,9H2. The molecule has 2 aromatic rings. The second-order valence-electron chi connectivity index (χ2n) is 4.66. The van der Waals surface area contributed by atoms with Crippen LogP contribution in [0.5, 0.6) is 0 Å². The van der Waals surface area contributed by atoms with Crippen LogP contribution in [0, 0.1) is 0 Å². The van der Waals surface area contributed by atoms with Crippen molar-refractivity contribution in [3.05, 3.63) is 52.5 Å². The van der Waals surface area contributed by atoms with E-state index < -0.39 is 0 Å². The Morgan fingerprint density at radius 2 is 2.10 bits per heavy atom. The number of aromatic nitrogens is 2. The summed E-state index contributed by atoms with van der Waals surface area (Å²) in [4.78, 5) is 15.8. The summed E-state index contributed by atoms with van der Waals surface area (Å²) in [5.41, 5.74) is 0.933. The molecule has 20 heavy (non-hydrogen) atoms. The molecule has 1 aromatic heterocycles. The summed E-state index contributed by atoms with van der Waals surface area (Å²) in [5.74, 6) is 0.251. The average molecular weight is 311 g/mol. The molecular weight excluding hydrogens is 295 g/mol. The molecule has 0 fully saturated rings. The number of halogens is 2. The predicted octanol–water partition coefficient (Wildman–Crippen LogP) is 4.17. The molecule has 0 amide bonds.